The van der Waals surface area contributed by atoms with Crippen LogP contribution in [0.25, 0.3) is 0 Å². The molecule has 4 heteroatoms. The van der Waals surface area contributed by atoms with E-state index in [9.17, 15) is 4.79 Å². The standard InChI is InChI=1S/C14H17N3O/c15-13(18)14(8-16-17-9-14)12-6-5-10-3-1-2-4-11(10)7-12/h1-4,8,12,17H,5-7,9H2,(H2,15,18). The number of hydrazone groups is 1. The molecule has 0 aromatic heterocycles. The summed E-state index contributed by atoms with van der Waals surface area (Å²) >= 11 is 0. The smallest absolute Gasteiger partial charge is 0.231 e. The summed E-state index contributed by atoms with van der Waals surface area (Å²) in [5, 5.41) is 4.01. The molecule has 1 aromatic rings. The van der Waals surface area contributed by atoms with Crippen LogP contribution in [-0.4, -0.2) is 18.7 Å². The van der Waals surface area contributed by atoms with Gasteiger partial charge >= 0.3 is 0 Å². The number of nitrogens with two attached hydrogens (primary N) is 1. The molecule has 2 aliphatic rings. The van der Waals surface area contributed by atoms with Gasteiger partial charge in [-0.3, -0.25) is 4.79 Å². The van der Waals surface area contributed by atoms with Crippen LogP contribution < -0.4 is 11.2 Å². The zero-order chi connectivity index (χ0) is 12.6. The van der Waals surface area contributed by atoms with E-state index in [-0.39, 0.29) is 11.8 Å². The van der Waals surface area contributed by atoms with Crippen molar-refractivity contribution < 1.29 is 4.79 Å². The van der Waals surface area contributed by atoms with Crippen molar-refractivity contribution in [1.29, 1.82) is 0 Å². The Morgan fingerprint density at radius 3 is 2.83 bits per heavy atom. The molecule has 18 heavy (non-hydrogen) atoms. The molecule has 1 aliphatic carbocycles. The topological polar surface area (TPSA) is 67.5 Å². The van der Waals surface area contributed by atoms with E-state index in [2.05, 4.69) is 34.8 Å². The Kier molecular flexibility index (Phi) is 2.58. The Balaban J connectivity index is 1.91. The average molecular weight is 243 g/mol. The molecule has 2 atom stereocenters. The third-order valence-electron chi connectivity index (χ3n) is 4.29. The van der Waals surface area contributed by atoms with E-state index < -0.39 is 5.41 Å². The Labute approximate surface area is 106 Å². The summed E-state index contributed by atoms with van der Waals surface area (Å²) in [5.74, 6) is -0.00992. The van der Waals surface area contributed by atoms with E-state index in [0.717, 1.165) is 19.3 Å². The van der Waals surface area contributed by atoms with Gasteiger partial charge < -0.3 is 11.2 Å². The lowest BCUT2D eigenvalue weighted by Gasteiger charge is -2.35. The Morgan fingerprint density at radius 2 is 2.17 bits per heavy atom. The van der Waals surface area contributed by atoms with E-state index in [1.807, 2.05) is 0 Å². The minimum Gasteiger partial charge on any atom is -0.369 e. The number of rotatable bonds is 2. The van der Waals surface area contributed by atoms with E-state index in [4.69, 9.17) is 5.73 Å². The number of hydrogen-bond donors (Lipinski definition) is 2. The minimum absolute atomic E-state index is 0.253. The first kappa shape index (κ1) is 11.3. The SMILES string of the molecule is NC(=O)C1(C2CCc3ccccc3C2)C=NNC1. The van der Waals surface area contributed by atoms with Crippen molar-refractivity contribution in [2.45, 2.75) is 19.3 Å². The molecule has 0 saturated heterocycles. The number of benzene rings is 1. The number of nitrogens with one attached hydrogen (secondary N) is 1. The summed E-state index contributed by atoms with van der Waals surface area (Å²) in [6.45, 7) is 0.537. The number of amides is 1. The van der Waals surface area contributed by atoms with Crippen LogP contribution in [0.1, 0.15) is 17.5 Å². The van der Waals surface area contributed by atoms with Crippen LogP contribution in [0, 0.1) is 11.3 Å². The number of nitrogens with zero attached hydrogens (tertiary/aromatic N) is 1. The molecular formula is C14H17N3O. The highest BCUT2D eigenvalue weighted by atomic mass is 16.1. The van der Waals surface area contributed by atoms with Crippen molar-refractivity contribution in [3.63, 3.8) is 0 Å². The van der Waals surface area contributed by atoms with Crippen LogP contribution in [0.5, 0.6) is 0 Å². The average Bonchev–Trinajstić information content (AvgIpc) is 2.89. The van der Waals surface area contributed by atoms with Crippen LogP contribution >= 0.6 is 0 Å². The van der Waals surface area contributed by atoms with Crippen molar-refractivity contribution >= 4 is 12.1 Å². The fourth-order valence-electron chi connectivity index (χ4n) is 3.12. The van der Waals surface area contributed by atoms with Crippen LogP contribution in [-0.2, 0) is 17.6 Å². The summed E-state index contributed by atoms with van der Waals surface area (Å²) in [5.41, 5.74) is 10.6. The third kappa shape index (κ3) is 1.60. The predicted octanol–water partition coefficient (Wildman–Crippen LogP) is 0.852. The molecule has 4 nitrogen and oxygen atoms in total. The van der Waals surface area contributed by atoms with Crippen molar-refractivity contribution in [2.75, 3.05) is 6.54 Å². The monoisotopic (exact) mass is 243 g/mol. The first-order chi connectivity index (χ1) is 8.72. The number of hydrogen-bond acceptors (Lipinski definition) is 3. The molecule has 1 amide bonds. The Morgan fingerprint density at radius 1 is 1.39 bits per heavy atom. The lowest BCUT2D eigenvalue weighted by atomic mass is 9.68. The van der Waals surface area contributed by atoms with Gasteiger partial charge in [0.15, 0.2) is 0 Å². The van der Waals surface area contributed by atoms with E-state index in [1.165, 1.54) is 11.1 Å². The number of fused-ring (bicyclic) bond motifs is 1. The quantitative estimate of drug-likeness (QED) is 0.808. The van der Waals surface area contributed by atoms with Crippen LogP contribution in [0.4, 0.5) is 0 Å². The number of carbonyl (C=O) groups excluding carboxylic acids is 1. The fourth-order valence-corrected chi connectivity index (χ4v) is 3.12. The largest absolute Gasteiger partial charge is 0.369 e. The second-order valence-corrected chi connectivity index (χ2v) is 5.21. The first-order valence-electron chi connectivity index (χ1n) is 6.36. The highest BCUT2D eigenvalue weighted by Crippen LogP contribution is 2.38. The van der Waals surface area contributed by atoms with Gasteiger partial charge in [0.05, 0.1) is 6.54 Å². The van der Waals surface area contributed by atoms with Gasteiger partial charge in [-0.05, 0) is 36.3 Å². The second-order valence-electron chi connectivity index (χ2n) is 5.21. The molecule has 3 N–H and O–H groups in total. The maximum Gasteiger partial charge on any atom is 0.231 e. The normalized spacial score (nSPS) is 29.7. The van der Waals surface area contributed by atoms with Crippen molar-refractivity contribution in [3.05, 3.63) is 35.4 Å². The van der Waals surface area contributed by atoms with Gasteiger partial charge in [-0.2, -0.15) is 5.10 Å². The fraction of sp³-hybridized carbons (Fsp3) is 0.429. The maximum atomic E-state index is 11.8. The van der Waals surface area contributed by atoms with Gasteiger partial charge in [0.25, 0.3) is 0 Å². The van der Waals surface area contributed by atoms with Gasteiger partial charge in [-0.25, -0.2) is 0 Å². The van der Waals surface area contributed by atoms with Gasteiger partial charge in [-0.15, -0.1) is 0 Å². The Hall–Kier alpha value is -1.84. The number of aryl methyl sites for hydroxylation is 1. The van der Waals surface area contributed by atoms with Gasteiger partial charge in [-0.1, -0.05) is 24.3 Å². The van der Waals surface area contributed by atoms with Crippen LogP contribution in [0.3, 0.4) is 0 Å². The molecule has 1 heterocycles. The first-order valence-corrected chi connectivity index (χ1v) is 6.36. The second kappa shape index (κ2) is 4.12. The molecule has 0 spiro atoms. The minimum atomic E-state index is -0.604. The third-order valence-corrected chi connectivity index (χ3v) is 4.29. The summed E-state index contributed by atoms with van der Waals surface area (Å²) < 4.78 is 0. The molecule has 3 rings (SSSR count). The zero-order valence-electron chi connectivity index (χ0n) is 10.2. The Bertz CT molecular complexity index is 512. The molecule has 0 bridgehead atoms. The van der Waals surface area contributed by atoms with Gasteiger partial charge in [0.1, 0.15) is 5.41 Å². The molecule has 1 aromatic carbocycles. The van der Waals surface area contributed by atoms with Crippen LogP contribution in [0.15, 0.2) is 29.4 Å². The maximum absolute atomic E-state index is 11.8. The summed E-state index contributed by atoms with van der Waals surface area (Å²) in [4.78, 5) is 11.8. The summed E-state index contributed by atoms with van der Waals surface area (Å²) in [6.07, 6.45) is 4.64. The number of primary amides is 1. The zero-order valence-corrected chi connectivity index (χ0v) is 10.2. The lowest BCUT2D eigenvalue weighted by molar-refractivity contribution is -0.126. The predicted molar refractivity (Wildman–Crippen MR) is 70.1 cm³/mol. The van der Waals surface area contributed by atoms with Gasteiger partial charge in [0.2, 0.25) is 5.91 Å². The molecule has 1 aliphatic heterocycles. The van der Waals surface area contributed by atoms with E-state index in [1.54, 1.807) is 6.21 Å². The molecular weight excluding hydrogens is 226 g/mol. The highest BCUT2D eigenvalue weighted by molar-refractivity contribution is 5.99. The highest BCUT2D eigenvalue weighted by Gasteiger charge is 2.46. The molecule has 94 valence electrons. The van der Waals surface area contributed by atoms with E-state index in [0.29, 0.717) is 6.54 Å². The summed E-state index contributed by atoms with van der Waals surface area (Å²) in [6, 6.07) is 8.44. The van der Waals surface area contributed by atoms with Gasteiger partial charge in [0, 0.05) is 6.21 Å². The lowest BCUT2D eigenvalue weighted by Crippen LogP contribution is -2.48. The molecule has 0 saturated carbocycles. The molecule has 0 fully saturated rings. The number of carbonyl (C=O) groups is 1. The summed E-state index contributed by atoms with van der Waals surface area (Å²) in [7, 11) is 0. The van der Waals surface area contributed by atoms with Crippen molar-refractivity contribution in [1.82, 2.24) is 5.43 Å². The van der Waals surface area contributed by atoms with Crippen molar-refractivity contribution in [3.8, 4) is 0 Å². The molecule has 0 radical (unpaired) electrons. The molecule has 2 unspecified atom stereocenters. The van der Waals surface area contributed by atoms with Crippen LogP contribution in [0.2, 0.25) is 0 Å². The van der Waals surface area contributed by atoms with E-state index >= 15 is 0 Å². The van der Waals surface area contributed by atoms with Crippen molar-refractivity contribution in [2.24, 2.45) is 22.2 Å².